The van der Waals surface area contributed by atoms with E-state index in [1.165, 1.54) is 17.0 Å². The average Bonchev–Trinajstić information content (AvgIpc) is 2.65. The number of nitrogens with zero attached hydrogens (tertiary/aromatic N) is 1. The molecular weight excluding hydrogens is 333 g/mol. The van der Waals surface area contributed by atoms with Crippen LogP contribution in [0.2, 0.25) is 0 Å². The topological polar surface area (TPSA) is 46.0 Å². The van der Waals surface area contributed by atoms with Crippen LogP contribution in [0, 0.1) is 5.82 Å². The van der Waals surface area contributed by atoms with Crippen LogP contribution in [0.5, 0.6) is 5.75 Å². The van der Waals surface area contributed by atoms with Gasteiger partial charge in [0.05, 0.1) is 38.5 Å². The molecule has 0 atom stereocenters. The number of rotatable bonds is 6. The largest absolute Gasteiger partial charge is 0.492 e. The smallest absolute Gasteiger partial charge is 0.279 e. The van der Waals surface area contributed by atoms with Gasteiger partial charge in [-0.1, -0.05) is 12.1 Å². The minimum absolute atomic E-state index is 0.0465. The predicted octanol–water partition coefficient (Wildman–Crippen LogP) is 1.57. The van der Waals surface area contributed by atoms with Crippen molar-refractivity contribution in [1.82, 2.24) is 0 Å². The summed E-state index contributed by atoms with van der Waals surface area (Å²) in [6, 6.07) is 13.9. The summed E-state index contributed by atoms with van der Waals surface area (Å²) in [5.41, 5.74) is 1.74. The zero-order chi connectivity index (χ0) is 18.4. The number of para-hydroxylation sites is 2. The van der Waals surface area contributed by atoms with Crippen molar-refractivity contribution in [3.05, 3.63) is 54.3 Å². The van der Waals surface area contributed by atoms with Crippen molar-refractivity contribution < 1.29 is 18.8 Å². The molecular formula is C20H25FN3O2+. The van der Waals surface area contributed by atoms with Crippen molar-refractivity contribution in [2.24, 2.45) is 0 Å². The number of hydrogen-bond donors (Lipinski definition) is 2. The molecule has 0 spiro atoms. The first-order valence-electron chi connectivity index (χ1n) is 9.01. The van der Waals surface area contributed by atoms with Crippen LogP contribution in [0.4, 0.5) is 15.8 Å². The molecule has 3 rings (SSSR count). The molecule has 0 unspecified atom stereocenters. The van der Waals surface area contributed by atoms with Crippen LogP contribution in [0.15, 0.2) is 48.5 Å². The summed E-state index contributed by atoms with van der Waals surface area (Å²) in [6.45, 7) is 6.57. The molecule has 2 N–H and O–H groups in total. The molecule has 1 heterocycles. The Hall–Kier alpha value is -2.60. The van der Waals surface area contributed by atoms with Crippen LogP contribution in [-0.4, -0.2) is 45.2 Å². The van der Waals surface area contributed by atoms with Crippen molar-refractivity contribution in [2.45, 2.75) is 6.92 Å². The standard InChI is InChI=1S/C20H24FN3O2/c1-2-26-19-6-4-3-5-18(19)24-13-11-23(12-14-24)15-20(25)22-17-9-7-16(21)8-10-17/h3-10H,2,11-15H2,1H3,(H,22,25)/p+1. The van der Waals surface area contributed by atoms with E-state index in [-0.39, 0.29) is 11.7 Å². The molecule has 0 aromatic heterocycles. The Bertz CT molecular complexity index is 728. The van der Waals surface area contributed by atoms with Gasteiger partial charge in [-0.05, 0) is 43.3 Å². The van der Waals surface area contributed by atoms with Crippen molar-refractivity contribution in [1.29, 1.82) is 0 Å². The molecule has 2 aromatic rings. The highest BCUT2D eigenvalue weighted by Crippen LogP contribution is 2.27. The lowest BCUT2D eigenvalue weighted by atomic mass is 10.2. The molecule has 0 bridgehead atoms. The molecule has 0 saturated carbocycles. The molecule has 0 radical (unpaired) electrons. The lowest BCUT2D eigenvalue weighted by molar-refractivity contribution is -0.892. The maximum absolute atomic E-state index is 12.9. The monoisotopic (exact) mass is 358 g/mol. The van der Waals surface area contributed by atoms with Gasteiger partial charge < -0.3 is 19.9 Å². The molecule has 1 aliphatic rings. The van der Waals surface area contributed by atoms with Crippen molar-refractivity contribution in [2.75, 3.05) is 49.5 Å². The Balaban J connectivity index is 1.51. The Morgan fingerprint density at radius 1 is 1.15 bits per heavy atom. The second-order valence-electron chi connectivity index (χ2n) is 6.37. The van der Waals surface area contributed by atoms with Gasteiger partial charge in [0.15, 0.2) is 6.54 Å². The number of quaternary nitrogens is 1. The number of ether oxygens (including phenoxy) is 1. The molecule has 2 aromatic carbocycles. The first kappa shape index (κ1) is 18.2. The number of nitrogens with one attached hydrogen (secondary N) is 2. The van der Waals surface area contributed by atoms with Gasteiger partial charge in [-0.25, -0.2) is 4.39 Å². The van der Waals surface area contributed by atoms with E-state index < -0.39 is 0 Å². The molecule has 0 aliphatic carbocycles. The molecule has 5 nitrogen and oxygen atoms in total. The van der Waals surface area contributed by atoms with E-state index in [0.29, 0.717) is 18.8 Å². The highest BCUT2D eigenvalue weighted by Gasteiger charge is 2.24. The van der Waals surface area contributed by atoms with E-state index in [4.69, 9.17) is 4.74 Å². The van der Waals surface area contributed by atoms with E-state index in [1.807, 2.05) is 25.1 Å². The number of halogens is 1. The van der Waals surface area contributed by atoms with Crippen LogP contribution < -0.4 is 19.9 Å². The van der Waals surface area contributed by atoms with Crippen molar-refractivity contribution in [3.63, 3.8) is 0 Å². The Labute approximate surface area is 153 Å². The zero-order valence-corrected chi connectivity index (χ0v) is 15.0. The summed E-state index contributed by atoms with van der Waals surface area (Å²) in [5.74, 6) is 0.555. The Morgan fingerprint density at radius 3 is 2.54 bits per heavy atom. The van der Waals surface area contributed by atoms with Gasteiger partial charge in [0.1, 0.15) is 11.6 Å². The van der Waals surface area contributed by atoms with E-state index in [1.54, 1.807) is 12.1 Å². The van der Waals surface area contributed by atoms with Gasteiger partial charge in [0, 0.05) is 5.69 Å². The van der Waals surface area contributed by atoms with Crippen LogP contribution in [0.3, 0.4) is 0 Å². The molecule has 1 fully saturated rings. The summed E-state index contributed by atoms with van der Waals surface area (Å²) < 4.78 is 18.6. The molecule has 1 aliphatic heterocycles. The summed E-state index contributed by atoms with van der Waals surface area (Å²) >= 11 is 0. The highest BCUT2D eigenvalue weighted by atomic mass is 19.1. The number of carbonyl (C=O) groups is 1. The van der Waals surface area contributed by atoms with Crippen LogP contribution >= 0.6 is 0 Å². The van der Waals surface area contributed by atoms with Gasteiger partial charge in [-0.15, -0.1) is 0 Å². The second-order valence-corrected chi connectivity index (χ2v) is 6.37. The summed E-state index contributed by atoms with van der Waals surface area (Å²) in [5, 5.41) is 2.83. The van der Waals surface area contributed by atoms with Crippen LogP contribution in [0.25, 0.3) is 0 Å². The average molecular weight is 358 g/mol. The summed E-state index contributed by atoms with van der Waals surface area (Å²) in [7, 11) is 0. The SMILES string of the molecule is CCOc1ccccc1N1CC[NH+](CC(=O)Nc2ccc(F)cc2)CC1. The lowest BCUT2D eigenvalue weighted by Gasteiger charge is -2.34. The van der Waals surface area contributed by atoms with E-state index >= 15 is 0 Å². The Kier molecular flexibility index (Phi) is 6.07. The van der Waals surface area contributed by atoms with Gasteiger partial charge >= 0.3 is 0 Å². The molecule has 26 heavy (non-hydrogen) atoms. The van der Waals surface area contributed by atoms with Gasteiger partial charge in [-0.3, -0.25) is 4.79 Å². The first-order valence-corrected chi connectivity index (χ1v) is 9.01. The maximum atomic E-state index is 12.9. The third-order valence-corrected chi connectivity index (χ3v) is 4.51. The Morgan fingerprint density at radius 2 is 1.85 bits per heavy atom. The predicted molar refractivity (Wildman–Crippen MR) is 100 cm³/mol. The number of benzene rings is 2. The summed E-state index contributed by atoms with van der Waals surface area (Å²) in [4.78, 5) is 15.8. The molecule has 6 heteroatoms. The summed E-state index contributed by atoms with van der Waals surface area (Å²) in [6.07, 6.45) is 0. The van der Waals surface area contributed by atoms with Crippen molar-refractivity contribution in [3.8, 4) is 5.75 Å². The number of hydrogen-bond acceptors (Lipinski definition) is 3. The minimum Gasteiger partial charge on any atom is -0.492 e. The fraction of sp³-hybridized carbons (Fsp3) is 0.350. The third-order valence-electron chi connectivity index (χ3n) is 4.51. The third kappa shape index (κ3) is 4.73. The van der Waals surface area contributed by atoms with Gasteiger partial charge in [-0.2, -0.15) is 0 Å². The van der Waals surface area contributed by atoms with Crippen LogP contribution in [-0.2, 0) is 4.79 Å². The normalized spacial score (nSPS) is 14.9. The molecule has 138 valence electrons. The zero-order valence-electron chi connectivity index (χ0n) is 15.0. The second kappa shape index (κ2) is 8.67. The highest BCUT2D eigenvalue weighted by molar-refractivity contribution is 5.91. The lowest BCUT2D eigenvalue weighted by Crippen LogP contribution is -3.15. The van der Waals surface area contributed by atoms with Gasteiger partial charge in [0.2, 0.25) is 0 Å². The van der Waals surface area contributed by atoms with Crippen molar-refractivity contribution >= 4 is 17.3 Å². The maximum Gasteiger partial charge on any atom is 0.279 e. The molecule has 1 saturated heterocycles. The number of anilines is 2. The number of amides is 1. The fourth-order valence-corrected chi connectivity index (χ4v) is 3.20. The van der Waals surface area contributed by atoms with E-state index in [9.17, 15) is 9.18 Å². The number of carbonyl (C=O) groups excluding carboxylic acids is 1. The quantitative estimate of drug-likeness (QED) is 0.824. The molecule has 1 amide bonds. The van der Waals surface area contributed by atoms with E-state index in [2.05, 4.69) is 16.3 Å². The minimum atomic E-state index is -0.308. The first-order chi connectivity index (χ1) is 12.7. The fourth-order valence-electron chi connectivity index (χ4n) is 3.20. The number of piperazine rings is 1. The van der Waals surface area contributed by atoms with E-state index in [0.717, 1.165) is 37.6 Å². The van der Waals surface area contributed by atoms with Gasteiger partial charge in [0.25, 0.3) is 5.91 Å². The van der Waals surface area contributed by atoms with Crippen LogP contribution in [0.1, 0.15) is 6.92 Å².